The number of anilines is 1. The Kier molecular flexibility index (Phi) is 8.68. The minimum absolute atomic E-state index is 0.256. The number of hydrogen-bond acceptors (Lipinski definition) is 7. The summed E-state index contributed by atoms with van der Waals surface area (Å²) in [7, 11) is 1.58. The highest BCUT2D eigenvalue weighted by atomic mass is 32.1. The summed E-state index contributed by atoms with van der Waals surface area (Å²) >= 11 is 1.27. The Hall–Kier alpha value is -4.89. The molecule has 1 aliphatic rings. The molecule has 1 N–H and O–H groups in total. The number of aromatic nitrogens is 1. The van der Waals surface area contributed by atoms with Crippen LogP contribution in [0.1, 0.15) is 31.0 Å². The number of rotatable bonds is 10. The van der Waals surface area contributed by atoms with E-state index in [1.165, 1.54) is 11.3 Å². The van der Waals surface area contributed by atoms with Gasteiger partial charge in [-0.1, -0.05) is 60.4 Å². The zero-order valence-corrected chi connectivity index (χ0v) is 24.4. The van der Waals surface area contributed by atoms with Gasteiger partial charge in [0.25, 0.3) is 11.5 Å². The molecule has 8 nitrogen and oxygen atoms in total. The standard InChI is InChI=1S/C33H31N3O5S/c1-5-17-41-26-16-15-22(18-27(26)40-6-2)19-28-32(38)36-30(23-11-10-14-25(20-23)39-4)29(21(3)34-33(36)42-28)31(37)35-24-12-8-7-9-13-24/h5,7-16,18-20,30H,1,6,17H2,2-4H3,(H,35,37)/b28-19-/t30-/m1/s1. The first-order chi connectivity index (χ1) is 20.4. The molecule has 1 aromatic heterocycles. The number of nitrogens with one attached hydrogen (secondary N) is 1. The molecule has 0 aliphatic carbocycles. The second-order valence-corrected chi connectivity index (χ2v) is 10.4. The smallest absolute Gasteiger partial charge is 0.271 e. The Labute approximate surface area is 247 Å². The van der Waals surface area contributed by atoms with E-state index in [1.54, 1.807) is 30.8 Å². The van der Waals surface area contributed by atoms with E-state index in [1.807, 2.05) is 79.7 Å². The molecule has 5 rings (SSSR count). The molecule has 0 saturated heterocycles. The van der Waals surface area contributed by atoms with Crippen molar-refractivity contribution in [2.24, 2.45) is 4.99 Å². The lowest BCUT2D eigenvalue weighted by Crippen LogP contribution is -2.40. The zero-order chi connectivity index (χ0) is 29.6. The van der Waals surface area contributed by atoms with E-state index in [2.05, 4.69) is 11.9 Å². The van der Waals surface area contributed by atoms with Crippen molar-refractivity contribution in [3.8, 4) is 17.2 Å². The third-order valence-electron chi connectivity index (χ3n) is 6.63. The second kappa shape index (κ2) is 12.7. The number of ether oxygens (including phenoxy) is 3. The van der Waals surface area contributed by atoms with Gasteiger partial charge in [0.15, 0.2) is 16.3 Å². The lowest BCUT2D eigenvalue weighted by atomic mass is 9.95. The van der Waals surface area contributed by atoms with E-state index in [9.17, 15) is 9.59 Å². The summed E-state index contributed by atoms with van der Waals surface area (Å²) in [4.78, 5) is 33.0. The molecule has 4 aromatic rings. The lowest BCUT2D eigenvalue weighted by molar-refractivity contribution is -0.113. The maximum Gasteiger partial charge on any atom is 0.271 e. The molecule has 214 valence electrons. The SMILES string of the molecule is C=CCOc1ccc(/C=c2\sc3n(c2=O)[C@H](c2cccc(OC)c2)C(C(=O)Nc2ccccc2)=C(C)N=3)cc1OCC. The van der Waals surface area contributed by atoms with Crippen molar-refractivity contribution in [1.29, 1.82) is 0 Å². The summed E-state index contributed by atoms with van der Waals surface area (Å²) in [6.07, 6.45) is 3.47. The number of carbonyl (C=O) groups is 1. The molecule has 1 atom stereocenters. The van der Waals surface area contributed by atoms with Gasteiger partial charge in [-0.2, -0.15) is 0 Å². The van der Waals surface area contributed by atoms with Crippen LogP contribution < -0.4 is 34.4 Å². The molecule has 1 amide bonds. The van der Waals surface area contributed by atoms with E-state index in [-0.39, 0.29) is 11.5 Å². The van der Waals surface area contributed by atoms with Gasteiger partial charge in [0, 0.05) is 5.69 Å². The van der Waals surface area contributed by atoms with Gasteiger partial charge < -0.3 is 19.5 Å². The zero-order valence-electron chi connectivity index (χ0n) is 23.6. The lowest BCUT2D eigenvalue weighted by Gasteiger charge is -2.25. The van der Waals surface area contributed by atoms with Crippen LogP contribution in [0.15, 0.2) is 107 Å². The number of hydrogen-bond donors (Lipinski definition) is 1. The third-order valence-corrected chi connectivity index (χ3v) is 7.61. The number of amides is 1. The topological polar surface area (TPSA) is 91.2 Å². The predicted molar refractivity (Wildman–Crippen MR) is 165 cm³/mol. The molecule has 0 fully saturated rings. The fourth-order valence-electron chi connectivity index (χ4n) is 4.76. The number of fused-ring (bicyclic) bond motifs is 1. The molecule has 0 unspecified atom stereocenters. The minimum Gasteiger partial charge on any atom is -0.497 e. The highest BCUT2D eigenvalue weighted by molar-refractivity contribution is 7.07. The molecule has 0 spiro atoms. The summed E-state index contributed by atoms with van der Waals surface area (Å²) in [5, 5.41) is 2.97. The first-order valence-corrected chi connectivity index (χ1v) is 14.3. The number of carbonyl (C=O) groups excluding carboxylic acids is 1. The fourth-order valence-corrected chi connectivity index (χ4v) is 5.81. The first-order valence-electron chi connectivity index (χ1n) is 13.5. The van der Waals surface area contributed by atoms with E-state index < -0.39 is 6.04 Å². The van der Waals surface area contributed by atoms with Crippen LogP contribution in [0, 0.1) is 0 Å². The fraction of sp³-hybridized carbons (Fsp3) is 0.182. The Morgan fingerprint density at radius 3 is 2.62 bits per heavy atom. The van der Waals surface area contributed by atoms with E-state index >= 15 is 0 Å². The van der Waals surface area contributed by atoms with E-state index in [0.29, 0.717) is 56.8 Å². The maximum absolute atomic E-state index is 14.0. The van der Waals surface area contributed by atoms with Crippen molar-refractivity contribution in [3.63, 3.8) is 0 Å². The van der Waals surface area contributed by atoms with Crippen molar-refractivity contribution in [1.82, 2.24) is 4.57 Å². The van der Waals surface area contributed by atoms with Gasteiger partial charge >= 0.3 is 0 Å². The number of nitrogens with zero attached hydrogens (tertiary/aromatic N) is 2. The minimum atomic E-state index is -0.712. The molecule has 0 bridgehead atoms. The quantitative estimate of drug-likeness (QED) is 0.271. The average molecular weight is 582 g/mol. The van der Waals surface area contributed by atoms with Crippen LogP contribution in [0.5, 0.6) is 17.2 Å². The van der Waals surface area contributed by atoms with Gasteiger partial charge in [-0.05, 0) is 67.4 Å². The van der Waals surface area contributed by atoms with Gasteiger partial charge in [0.1, 0.15) is 12.4 Å². The Morgan fingerprint density at radius 2 is 1.88 bits per heavy atom. The molecule has 0 saturated carbocycles. The molecular weight excluding hydrogens is 550 g/mol. The molecular formula is C33H31N3O5S. The number of methoxy groups -OCH3 is 1. The average Bonchev–Trinajstić information content (AvgIpc) is 3.30. The van der Waals surface area contributed by atoms with Gasteiger partial charge in [-0.3, -0.25) is 14.2 Å². The Bertz CT molecular complexity index is 1840. The second-order valence-electron chi connectivity index (χ2n) is 9.42. The summed E-state index contributed by atoms with van der Waals surface area (Å²) < 4.78 is 19.0. The van der Waals surface area contributed by atoms with Gasteiger partial charge in [0.05, 0.1) is 35.6 Å². The van der Waals surface area contributed by atoms with Crippen LogP contribution in [-0.4, -0.2) is 30.8 Å². The summed E-state index contributed by atoms with van der Waals surface area (Å²) in [6, 6.07) is 21.4. The molecule has 1 aliphatic heterocycles. The molecule has 2 heterocycles. The van der Waals surface area contributed by atoms with Crippen molar-refractivity contribution in [3.05, 3.63) is 128 Å². The molecule has 0 radical (unpaired) electrons. The maximum atomic E-state index is 14.0. The van der Waals surface area contributed by atoms with Crippen molar-refractivity contribution < 1.29 is 19.0 Å². The van der Waals surface area contributed by atoms with Crippen molar-refractivity contribution >= 4 is 29.0 Å². The largest absolute Gasteiger partial charge is 0.497 e. The first kappa shape index (κ1) is 28.6. The van der Waals surface area contributed by atoms with Crippen LogP contribution >= 0.6 is 11.3 Å². The van der Waals surface area contributed by atoms with Crippen LogP contribution in [-0.2, 0) is 4.79 Å². The van der Waals surface area contributed by atoms with Gasteiger partial charge in [-0.15, -0.1) is 0 Å². The Morgan fingerprint density at radius 1 is 1.07 bits per heavy atom. The monoisotopic (exact) mass is 581 g/mol. The van der Waals surface area contributed by atoms with Crippen LogP contribution in [0.3, 0.4) is 0 Å². The summed E-state index contributed by atoms with van der Waals surface area (Å²) in [6.45, 7) is 8.19. The summed E-state index contributed by atoms with van der Waals surface area (Å²) in [5.74, 6) is 1.46. The van der Waals surface area contributed by atoms with E-state index in [4.69, 9.17) is 19.2 Å². The van der Waals surface area contributed by atoms with Crippen molar-refractivity contribution in [2.45, 2.75) is 19.9 Å². The van der Waals surface area contributed by atoms with Crippen LogP contribution in [0.2, 0.25) is 0 Å². The van der Waals surface area contributed by atoms with Gasteiger partial charge in [0.2, 0.25) is 0 Å². The highest BCUT2D eigenvalue weighted by Gasteiger charge is 2.32. The van der Waals surface area contributed by atoms with Crippen LogP contribution in [0.25, 0.3) is 6.08 Å². The normalized spacial score (nSPS) is 14.5. The van der Waals surface area contributed by atoms with Crippen LogP contribution in [0.4, 0.5) is 5.69 Å². The molecule has 42 heavy (non-hydrogen) atoms. The number of benzene rings is 3. The van der Waals surface area contributed by atoms with Crippen molar-refractivity contribution in [2.75, 3.05) is 25.6 Å². The van der Waals surface area contributed by atoms with E-state index in [0.717, 1.165) is 11.1 Å². The van der Waals surface area contributed by atoms with Gasteiger partial charge in [-0.25, -0.2) is 4.99 Å². The highest BCUT2D eigenvalue weighted by Crippen LogP contribution is 2.33. The number of thiazole rings is 1. The Balaban J connectivity index is 1.63. The molecule has 9 heteroatoms. The third kappa shape index (κ3) is 5.91. The summed E-state index contributed by atoms with van der Waals surface area (Å²) in [5.41, 5.74) is 2.81. The predicted octanol–water partition coefficient (Wildman–Crippen LogP) is 4.85. The number of allylic oxidation sites excluding steroid dienone is 1. The molecule has 3 aromatic carbocycles. The number of para-hydroxylation sites is 1.